The molecule has 0 aromatic heterocycles. The Balaban J connectivity index is 1.98. The van der Waals surface area contributed by atoms with Gasteiger partial charge in [-0.2, -0.15) is 0 Å². The smallest absolute Gasteiger partial charge is 0.123 e. The lowest BCUT2D eigenvalue weighted by atomic mass is 10.1. The van der Waals surface area contributed by atoms with Crippen LogP contribution in [0.15, 0.2) is 42.5 Å². The molecule has 0 bridgehead atoms. The van der Waals surface area contributed by atoms with E-state index in [4.69, 9.17) is 10.5 Å². The molecule has 0 radical (unpaired) electrons. The minimum Gasteiger partial charge on any atom is -0.489 e. The zero-order valence-electron chi connectivity index (χ0n) is 12.4. The maximum Gasteiger partial charge on any atom is 0.123 e. The van der Waals surface area contributed by atoms with E-state index in [0.29, 0.717) is 13.2 Å². The van der Waals surface area contributed by atoms with Crippen LogP contribution in [-0.4, -0.2) is 0 Å². The van der Waals surface area contributed by atoms with Crippen molar-refractivity contribution >= 4 is 0 Å². The summed E-state index contributed by atoms with van der Waals surface area (Å²) in [5, 5.41) is 0. The number of halogens is 1. The highest BCUT2D eigenvalue weighted by atomic mass is 19.1. The zero-order chi connectivity index (χ0) is 15.1. The lowest BCUT2D eigenvalue weighted by molar-refractivity contribution is 0.304. The predicted octanol–water partition coefficient (Wildman–Crippen LogP) is 4.21. The van der Waals surface area contributed by atoms with E-state index < -0.39 is 0 Å². The molecule has 2 N–H and O–H groups in total. The Bertz CT molecular complexity index is 566. The Kier molecular flexibility index (Phi) is 5.76. The van der Waals surface area contributed by atoms with E-state index in [0.717, 1.165) is 23.3 Å². The SMILES string of the molecule is CCCCc1ccc(OCc2cc(F)ccc2CN)cc1. The third kappa shape index (κ3) is 4.57. The summed E-state index contributed by atoms with van der Waals surface area (Å²) in [5.74, 6) is 0.531. The normalized spacial score (nSPS) is 10.6. The monoisotopic (exact) mass is 287 g/mol. The third-order valence-corrected chi connectivity index (χ3v) is 3.52. The van der Waals surface area contributed by atoms with Crippen LogP contribution in [0.5, 0.6) is 5.75 Å². The maximum absolute atomic E-state index is 13.3. The molecule has 0 saturated carbocycles. The van der Waals surface area contributed by atoms with Gasteiger partial charge < -0.3 is 10.5 Å². The van der Waals surface area contributed by atoms with Crippen LogP contribution in [0.2, 0.25) is 0 Å². The van der Waals surface area contributed by atoms with Crippen LogP contribution in [0.3, 0.4) is 0 Å². The van der Waals surface area contributed by atoms with Gasteiger partial charge >= 0.3 is 0 Å². The number of unbranched alkanes of at least 4 members (excludes halogenated alkanes) is 1. The van der Waals surface area contributed by atoms with Crippen LogP contribution in [0.25, 0.3) is 0 Å². The predicted molar refractivity (Wildman–Crippen MR) is 83.7 cm³/mol. The molecule has 0 aliphatic heterocycles. The zero-order valence-corrected chi connectivity index (χ0v) is 12.4. The van der Waals surface area contributed by atoms with Crippen LogP contribution in [0, 0.1) is 5.82 Å². The molecular weight excluding hydrogens is 265 g/mol. The molecule has 0 saturated heterocycles. The van der Waals surface area contributed by atoms with Gasteiger partial charge in [0.05, 0.1) is 0 Å². The Hall–Kier alpha value is -1.87. The van der Waals surface area contributed by atoms with E-state index in [1.54, 1.807) is 6.07 Å². The third-order valence-electron chi connectivity index (χ3n) is 3.52. The maximum atomic E-state index is 13.3. The average Bonchev–Trinajstić information content (AvgIpc) is 2.52. The number of hydrogen-bond acceptors (Lipinski definition) is 2. The molecule has 112 valence electrons. The van der Waals surface area contributed by atoms with E-state index in [2.05, 4.69) is 19.1 Å². The molecule has 0 heterocycles. The second-order valence-electron chi connectivity index (χ2n) is 5.15. The first-order valence-electron chi connectivity index (χ1n) is 7.42. The van der Waals surface area contributed by atoms with Crippen molar-refractivity contribution in [2.24, 2.45) is 5.73 Å². The molecule has 0 fully saturated rings. The highest BCUT2D eigenvalue weighted by Gasteiger charge is 2.04. The van der Waals surface area contributed by atoms with Gasteiger partial charge in [0.15, 0.2) is 0 Å². The van der Waals surface area contributed by atoms with Crippen molar-refractivity contribution < 1.29 is 9.13 Å². The number of nitrogens with two attached hydrogens (primary N) is 1. The Morgan fingerprint density at radius 3 is 2.48 bits per heavy atom. The summed E-state index contributed by atoms with van der Waals surface area (Å²) in [6.07, 6.45) is 3.49. The molecule has 0 aliphatic rings. The van der Waals surface area contributed by atoms with Crippen molar-refractivity contribution in [1.82, 2.24) is 0 Å². The van der Waals surface area contributed by atoms with Gasteiger partial charge in [-0.25, -0.2) is 4.39 Å². The van der Waals surface area contributed by atoms with Crippen molar-refractivity contribution in [3.8, 4) is 5.75 Å². The quantitative estimate of drug-likeness (QED) is 0.828. The van der Waals surface area contributed by atoms with Crippen molar-refractivity contribution in [2.45, 2.75) is 39.3 Å². The minimum atomic E-state index is -0.263. The highest BCUT2D eigenvalue weighted by molar-refractivity contribution is 5.30. The second kappa shape index (κ2) is 7.79. The van der Waals surface area contributed by atoms with E-state index in [9.17, 15) is 4.39 Å². The lowest BCUT2D eigenvalue weighted by Crippen LogP contribution is -2.05. The number of ether oxygens (including phenoxy) is 1. The Labute approximate surface area is 125 Å². The summed E-state index contributed by atoms with van der Waals surface area (Å²) in [4.78, 5) is 0. The number of aryl methyl sites for hydroxylation is 1. The first kappa shape index (κ1) is 15.5. The molecule has 2 nitrogen and oxygen atoms in total. The van der Waals surface area contributed by atoms with Crippen LogP contribution in [0.4, 0.5) is 4.39 Å². The molecule has 21 heavy (non-hydrogen) atoms. The fourth-order valence-electron chi connectivity index (χ4n) is 2.22. The number of rotatable bonds is 7. The van der Waals surface area contributed by atoms with E-state index in [-0.39, 0.29) is 5.82 Å². The fourth-order valence-corrected chi connectivity index (χ4v) is 2.22. The van der Waals surface area contributed by atoms with Gasteiger partial charge in [-0.3, -0.25) is 0 Å². The second-order valence-corrected chi connectivity index (χ2v) is 5.15. The Morgan fingerprint density at radius 1 is 1.05 bits per heavy atom. The lowest BCUT2D eigenvalue weighted by Gasteiger charge is -2.10. The molecule has 0 aliphatic carbocycles. The van der Waals surface area contributed by atoms with Crippen molar-refractivity contribution in [2.75, 3.05) is 0 Å². The molecule has 2 rings (SSSR count). The molecule has 0 atom stereocenters. The van der Waals surface area contributed by atoms with E-state index >= 15 is 0 Å². The van der Waals surface area contributed by atoms with Gasteiger partial charge in [0, 0.05) is 6.54 Å². The molecule has 2 aromatic carbocycles. The largest absolute Gasteiger partial charge is 0.489 e. The minimum absolute atomic E-state index is 0.263. The van der Waals surface area contributed by atoms with Crippen molar-refractivity contribution in [3.05, 3.63) is 65.0 Å². The molecule has 0 unspecified atom stereocenters. The van der Waals surface area contributed by atoms with E-state index in [1.807, 2.05) is 12.1 Å². The van der Waals surface area contributed by atoms with Gasteiger partial charge in [0.1, 0.15) is 18.2 Å². The average molecular weight is 287 g/mol. The van der Waals surface area contributed by atoms with Crippen molar-refractivity contribution in [1.29, 1.82) is 0 Å². The summed E-state index contributed by atoms with van der Waals surface area (Å²) < 4.78 is 19.0. The van der Waals surface area contributed by atoms with Gasteiger partial charge in [-0.05, 0) is 53.8 Å². The van der Waals surface area contributed by atoms with Gasteiger partial charge in [0.2, 0.25) is 0 Å². The van der Waals surface area contributed by atoms with Crippen LogP contribution < -0.4 is 10.5 Å². The van der Waals surface area contributed by atoms with Gasteiger partial charge in [0.25, 0.3) is 0 Å². The summed E-state index contributed by atoms with van der Waals surface area (Å²) in [6, 6.07) is 12.7. The molecule has 3 heteroatoms. The van der Waals surface area contributed by atoms with Gasteiger partial charge in [-0.1, -0.05) is 31.5 Å². The summed E-state index contributed by atoms with van der Waals surface area (Å²) in [7, 11) is 0. The number of hydrogen-bond donors (Lipinski definition) is 1. The summed E-state index contributed by atoms with van der Waals surface area (Å²) >= 11 is 0. The molecule has 0 amide bonds. The number of benzene rings is 2. The fraction of sp³-hybridized carbons (Fsp3) is 0.333. The first-order chi connectivity index (χ1) is 10.2. The molecule has 2 aromatic rings. The highest BCUT2D eigenvalue weighted by Crippen LogP contribution is 2.17. The van der Waals surface area contributed by atoms with Crippen LogP contribution in [-0.2, 0) is 19.6 Å². The topological polar surface area (TPSA) is 35.2 Å². The first-order valence-corrected chi connectivity index (χ1v) is 7.42. The summed E-state index contributed by atoms with van der Waals surface area (Å²) in [5.41, 5.74) is 8.69. The van der Waals surface area contributed by atoms with Crippen molar-refractivity contribution in [3.63, 3.8) is 0 Å². The standard InChI is InChI=1S/C18H22FNO/c1-2-3-4-14-5-9-18(10-6-14)21-13-16-11-17(19)8-7-15(16)12-20/h5-11H,2-4,12-13,20H2,1H3. The Morgan fingerprint density at radius 2 is 1.81 bits per heavy atom. The molecule has 0 spiro atoms. The van der Waals surface area contributed by atoms with Crippen LogP contribution in [0.1, 0.15) is 36.5 Å². The van der Waals surface area contributed by atoms with Gasteiger partial charge in [-0.15, -0.1) is 0 Å². The summed E-state index contributed by atoms with van der Waals surface area (Å²) in [6.45, 7) is 2.90. The molecular formula is C18H22FNO. The van der Waals surface area contributed by atoms with E-state index in [1.165, 1.54) is 30.5 Å². The van der Waals surface area contributed by atoms with Crippen LogP contribution >= 0.6 is 0 Å².